The lowest BCUT2D eigenvalue weighted by Gasteiger charge is -2.41. The molecule has 1 saturated heterocycles. The largest absolute Gasteiger partial charge is 0.366 e. The number of piperazine rings is 1. The molecule has 1 N–H and O–H groups in total. The van der Waals surface area contributed by atoms with Crippen LogP contribution in [0.1, 0.15) is 30.9 Å². The van der Waals surface area contributed by atoms with Crippen LogP contribution in [0, 0.1) is 19.8 Å². The van der Waals surface area contributed by atoms with E-state index in [0.29, 0.717) is 12.1 Å². The van der Waals surface area contributed by atoms with Crippen molar-refractivity contribution in [2.45, 2.75) is 45.7 Å². The van der Waals surface area contributed by atoms with Crippen molar-refractivity contribution in [1.82, 2.24) is 5.32 Å². The number of nitrogens with zero attached hydrogens (tertiary/aromatic N) is 1. The Balaban J connectivity index is 1.83. The highest BCUT2D eigenvalue weighted by Gasteiger charge is 2.36. The molecule has 1 saturated carbocycles. The average molecular weight is 244 g/mol. The molecule has 0 spiro atoms. The number of hydrogen-bond acceptors (Lipinski definition) is 2. The topological polar surface area (TPSA) is 15.3 Å². The van der Waals surface area contributed by atoms with E-state index in [-0.39, 0.29) is 0 Å². The summed E-state index contributed by atoms with van der Waals surface area (Å²) in [5.74, 6) is 0.936. The Morgan fingerprint density at radius 1 is 1.22 bits per heavy atom. The lowest BCUT2D eigenvalue weighted by molar-refractivity contribution is 0.375. The maximum Gasteiger partial charge on any atom is 0.0399 e. The Labute approximate surface area is 110 Å². The predicted octanol–water partition coefficient (Wildman–Crippen LogP) is 2.88. The molecule has 2 heteroatoms. The van der Waals surface area contributed by atoms with Gasteiger partial charge in [0.2, 0.25) is 0 Å². The minimum Gasteiger partial charge on any atom is -0.366 e. The smallest absolute Gasteiger partial charge is 0.0399 e. The first-order valence-corrected chi connectivity index (χ1v) is 7.22. The molecule has 2 unspecified atom stereocenters. The van der Waals surface area contributed by atoms with Gasteiger partial charge in [0.05, 0.1) is 0 Å². The van der Waals surface area contributed by atoms with E-state index in [4.69, 9.17) is 0 Å². The lowest BCUT2D eigenvalue weighted by Crippen LogP contribution is -2.56. The first-order chi connectivity index (χ1) is 8.65. The molecule has 1 aromatic carbocycles. The van der Waals surface area contributed by atoms with Gasteiger partial charge in [-0.05, 0) is 51.2 Å². The van der Waals surface area contributed by atoms with E-state index < -0.39 is 0 Å². The highest BCUT2D eigenvalue weighted by Crippen LogP contribution is 2.35. The quantitative estimate of drug-likeness (QED) is 0.860. The zero-order chi connectivity index (χ0) is 12.7. The highest BCUT2D eigenvalue weighted by atomic mass is 15.2. The van der Waals surface area contributed by atoms with Gasteiger partial charge in [0.1, 0.15) is 0 Å². The highest BCUT2D eigenvalue weighted by molar-refractivity contribution is 5.55. The minimum atomic E-state index is 0.599. The Kier molecular flexibility index (Phi) is 3.06. The van der Waals surface area contributed by atoms with Gasteiger partial charge in [-0.2, -0.15) is 0 Å². The summed E-state index contributed by atoms with van der Waals surface area (Å²) in [7, 11) is 0. The number of anilines is 1. The van der Waals surface area contributed by atoms with Crippen LogP contribution in [0.5, 0.6) is 0 Å². The van der Waals surface area contributed by atoms with Gasteiger partial charge >= 0.3 is 0 Å². The molecule has 0 aromatic heterocycles. The zero-order valence-corrected chi connectivity index (χ0v) is 11.7. The van der Waals surface area contributed by atoms with E-state index in [1.165, 1.54) is 36.2 Å². The van der Waals surface area contributed by atoms with Crippen LogP contribution in [0.3, 0.4) is 0 Å². The van der Waals surface area contributed by atoms with Crippen LogP contribution in [-0.2, 0) is 0 Å². The Hall–Kier alpha value is -1.02. The molecule has 98 valence electrons. The van der Waals surface area contributed by atoms with Crippen LogP contribution in [0.15, 0.2) is 18.2 Å². The maximum atomic E-state index is 3.72. The van der Waals surface area contributed by atoms with Gasteiger partial charge in [0.15, 0.2) is 0 Å². The van der Waals surface area contributed by atoms with E-state index in [2.05, 4.69) is 49.2 Å². The number of benzene rings is 1. The molecule has 2 fully saturated rings. The first kappa shape index (κ1) is 12.0. The van der Waals surface area contributed by atoms with Crippen molar-refractivity contribution in [3.63, 3.8) is 0 Å². The molecule has 1 aromatic rings. The van der Waals surface area contributed by atoms with Crippen LogP contribution >= 0.6 is 0 Å². The monoisotopic (exact) mass is 244 g/mol. The molecule has 2 nitrogen and oxygen atoms in total. The number of aryl methyl sites for hydroxylation is 2. The SMILES string of the molecule is Cc1ccc(N2CC(C3CC3)NCC2C)c(C)c1. The van der Waals surface area contributed by atoms with Crippen molar-refractivity contribution in [3.05, 3.63) is 29.3 Å². The number of hydrogen-bond donors (Lipinski definition) is 1. The Morgan fingerprint density at radius 2 is 2.00 bits per heavy atom. The second-order valence-electron chi connectivity index (χ2n) is 6.14. The molecule has 1 heterocycles. The van der Waals surface area contributed by atoms with Crippen molar-refractivity contribution < 1.29 is 0 Å². The standard InChI is InChI=1S/C16H24N2/c1-11-4-7-16(12(2)8-11)18-10-15(14-5-6-14)17-9-13(18)3/h4,7-8,13-15,17H,5-6,9-10H2,1-3H3. The molecule has 1 aliphatic heterocycles. The zero-order valence-electron chi connectivity index (χ0n) is 11.7. The van der Waals surface area contributed by atoms with Crippen molar-refractivity contribution >= 4 is 5.69 Å². The third kappa shape index (κ3) is 2.26. The van der Waals surface area contributed by atoms with Gasteiger partial charge in [-0.3, -0.25) is 0 Å². The van der Waals surface area contributed by atoms with Gasteiger partial charge in [-0.25, -0.2) is 0 Å². The van der Waals surface area contributed by atoms with E-state index in [1.54, 1.807) is 0 Å². The summed E-state index contributed by atoms with van der Waals surface area (Å²) >= 11 is 0. The Morgan fingerprint density at radius 3 is 2.67 bits per heavy atom. The van der Waals surface area contributed by atoms with Gasteiger partial charge < -0.3 is 10.2 Å². The van der Waals surface area contributed by atoms with Gasteiger partial charge in [-0.15, -0.1) is 0 Å². The summed E-state index contributed by atoms with van der Waals surface area (Å²) in [4.78, 5) is 2.61. The molecule has 0 amide bonds. The average Bonchev–Trinajstić information content (AvgIpc) is 3.14. The maximum absolute atomic E-state index is 3.72. The van der Waals surface area contributed by atoms with Crippen molar-refractivity contribution in [2.75, 3.05) is 18.0 Å². The van der Waals surface area contributed by atoms with Gasteiger partial charge in [-0.1, -0.05) is 17.7 Å². The summed E-state index contributed by atoms with van der Waals surface area (Å²) in [6.45, 7) is 9.04. The van der Waals surface area contributed by atoms with E-state index in [1.807, 2.05) is 0 Å². The summed E-state index contributed by atoms with van der Waals surface area (Å²) < 4.78 is 0. The number of nitrogens with one attached hydrogen (secondary N) is 1. The summed E-state index contributed by atoms with van der Waals surface area (Å²) in [5, 5.41) is 3.72. The van der Waals surface area contributed by atoms with Crippen LogP contribution in [0.2, 0.25) is 0 Å². The van der Waals surface area contributed by atoms with Crippen LogP contribution < -0.4 is 10.2 Å². The second kappa shape index (κ2) is 4.58. The lowest BCUT2D eigenvalue weighted by atomic mass is 10.0. The van der Waals surface area contributed by atoms with Crippen LogP contribution in [0.25, 0.3) is 0 Å². The fraction of sp³-hybridized carbons (Fsp3) is 0.625. The molecule has 2 aliphatic rings. The molecule has 2 atom stereocenters. The molecule has 0 bridgehead atoms. The van der Waals surface area contributed by atoms with Gasteiger partial charge in [0.25, 0.3) is 0 Å². The summed E-state index contributed by atoms with van der Waals surface area (Å²) in [6.07, 6.45) is 2.85. The third-order valence-electron chi connectivity index (χ3n) is 4.45. The predicted molar refractivity (Wildman–Crippen MR) is 77.2 cm³/mol. The van der Waals surface area contributed by atoms with Crippen molar-refractivity contribution in [3.8, 4) is 0 Å². The van der Waals surface area contributed by atoms with E-state index in [9.17, 15) is 0 Å². The molecule has 0 radical (unpaired) electrons. The fourth-order valence-electron chi connectivity index (χ4n) is 3.17. The molecular formula is C16H24N2. The summed E-state index contributed by atoms with van der Waals surface area (Å²) in [5.41, 5.74) is 4.20. The molecule has 18 heavy (non-hydrogen) atoms. The third-order valence-corrected chi connectivity index (χ3v) is 4.45. The normalized spacial score (nSPS) is 28.5. The molecule has 1 aliphatic carbocycles. The van der Waals surface area contributed by atoms with E-state index >= 15 is 0 Å². The van der Waals surface area contributed by atoms with Crippen molar-refractivity contribution in [1.29, 1.82) is 0 Å². The van der Waals surface area contributed by atoms with Crippen molar-refractivity contribution in [2.24, 2.45) is 5.92 Å². The Bertz CT molecular complexity index is 437. The second-order valence-corrected chi connectivity index (χ2v) is 6.14. The fourth-order valence-corrected chi connectivity index (χ4v) is 3.17. The van der Waals surface area contributed by atoms with Crippen LogP contribution in [-0.4, -0.2) is 25.2 Å². The van der Waals surface area contributed by atoms with Crippen LogP contribution in [0.4, 0.5) is 5.69 Å². The first-order valence-electron chi connectivity index (χ1n) is 7.22. The molecule has 3 rings (SSSR count). The molecular weight excluding hydrogens is 220 g/mol. The van der Waals surface area contributed by atoms with Gasteiger partial charge in [0, 0.05) is 30.9 Å². The number of rotatable bonds is 2. The van der Waals surface area contributed by atoms with E-state index in [0.717, 1.165) is 12.5 Å². The summed E-state index contributed by atoms with van der Waals surface area (Å²) in [6, 6.07) is 8.15. The minimum absolute atomic E-state index is 0.599.